The highest BCUT2D eigenvalue weighted by Crippen LogP contribution is 2.52. The molecule has 8 heteroatoms. The lowest BCUT2D eigenvalue weighted by molar-refractivity contribution is 0.517. The molecule has 0 radical (unpaired) electrons. The summed E-state index contributed by atoms with van der Waals surface area (Å²) in [6, 6.07) is 13.4. The molecule has 1 aliphatic heterocycles. The Kier molecular flexibility index (Phi) is 5.62. The molecule has 1 atom stereocenters. The van der Waals surface area contributed by atoms with Gasteiger partial charge in [0.25, 0.3) is 0 Å². The number of aromatic nitrogens is 2. The maximum atomic E-state index is 14.6. The maximum absolute atomic E-state index is 14.6. The van der Waals surface area contributed by atoms with Crippen LogP contribution < -0.4 is 10.7 Å². The number of thioether (sulfide) groups is 1. The first-order valence-electron chi connectivity index (χ1n) is 9.73. The second kappa shape index (κ2) is 8.20. The van der Waals surface area contributed by atoms with Crippen molar-refractivity contribution in [1.82, 2.24) is 9.55 Å². The van der Waals surface area contributed by atoms with Crippen molar-refractivity contribution in [3.8, 4) is 0 Å². The maximum Gasteiger partial charge on any atom is 0.153 e. The molecule has 30 heavy (non-hydrogen) atoms. The van der Waals surface area contributed by atoms with Crippen LogP contribution in [0.5, 0.6) is 0 Å². The van der Waals surface area contributed by atoms with E-state index in [1.54, 1.807) is 6.33 Å². The van der Waals surface area contributed by atoms with E-state index >= 15 is 0 Å². The van der Waals surface area contributed by atoms with Crippen LogP contribution in [0, 0.1) is 18.6 Å². The molecule has 2 N–H and O–H groups in total. The van der Waals surface area contributed by atoms with Crippen LogP contribution in [0.1, 0.15) is 29.7 Å². The predicted octanol–water partition coefficient (Wildman–Crippen LogP) is 4.51. The van der Waals surface area contributed by atoms with Crippen molar-refractivity contribution in [1.29, 1.82) is 0 Å². The van der Waals surface area contributed by atoms with Gasteiger partial charge in [-0.1, -0.05) is 42.1 Å². The molecule has 0 saturated heterocycles. The minimum absolute atomic E-state index is 0.148. The molecule has 0 spiro atoms. The fourth-order valence-corrected chi connectivity index (χ4v) is 5.17. The Morgan fingerprint density at radius 2 is 1.90 bits per heavy atom. The lowest BCUT2D eigenvalue weighted by Crippen LogP contribution is -2.39. The highest BCUT2D eigenvalue weighted by molar-refractivity contribution is 8.15. The third kappa shape index (κ3) is 3.50. The quantitative estimate of drug-likeness (QED) is 0.629. The highest BCUT2D eigenvalue weighted by atomic mass is 32.2. The number of benzene rings is 2. The minimum atomic E-state index is -0.659. The van der Waals surface area contributed by atoms with Crippen molar-refractivity contribution < 1.29 is 8.78 Å². The zero-order valence-electron chi connectivity index (χ0n) is 16.8. The first-order valence-corrected chi connectivity index (χ1v) is 10.5. The molecule has 5 nitrogen and oxygen atoms in total. The van der Waals surface area contributed by atoms with Crippen LogP contribution in [0.25, 0.3) is 0 Å². The molecule has 2 aromatic carbocycles. The van der Waals surface area contributed by atoms with Crippen LogP contribution in [0.15, 0.2) is 60.0 Å². The Morgan fingerprint density at radius 3 is 2.57 bits per heavy atom. The summed E-state index contributed by atoms with van der Waals surface area (Å²) in [6.45, 7) is 2.42. The lowest BCUT2D eigenvalue weighted by Gasteiger charge is -2.37. The molecule has 1 aromatic heterocycles. The van der Waals surface area contributed by atoms with Crippen LogP contribution in [-0.4, -0.2) is 21.1 Å². The van der Waals surface area contributed by atoms with Crippen molar-refractivity contribution in [2.75, 3.05) is 11.6 Å². The van der Waals surface area contributed by atoms with Crippen LogP contribution in [0.2, 0.25) is 0 Å². The van der Waals surface area contributed by atoms with Gasteiger partial charge in [-0.25, -0.2) is 18.8 Å². The number of hydrogen-bond acceptors (Lipinski definition) is 5. The van der Waals surface area contributed by atoms with Gasteiger partial charge in [-0.05, 0) is 50.1 Å². The van der Waals surface area contributed by atoms with Gasteiger partial charge in [0, 0.05) is 12.6 Å². The zero-order chi connectivity index (χ0) is 21.3. The Labute approximate surface area is 178 Å². The van der Waals surface area contributed by atoms with Crippen molar-refractivity contribution in [3.63, 3.8) is 0 Å². The van der Waals surface area contributed by atoms with Crippen molar-refractivity contribution in [3.05, 3.63) is 83.3 Å². The lowest BCUT2D eigenvalue weighted by atomic mass is 10.00. The standard InChI is InChI=1S/C22H23F2N5S/c1-15-21(28(2)14-26-15)29-22(11-6-12-25,16-7-4-3-5-8-16)30-20(27-29)18-13-17(23)9-10-19(18)24/h3-5,7-10,13-14H,6,11-12,25H2,1-2H3. The summed E-state index contributed by atoms with van der Waals surface area (Å²) in [5.74, 6) is -0.209. The number of aryl methyl sites for hydroxylation is 2. The molecule has 3 aromatic rings. The summed E-state index contributed by atoms with van der Waals surface area (Å²) >= 11 is 1.42. The van der Waals surface area contributed by atoms with Crippen molar-refractivity contribution in [2.45, 2.75) is 24.6 Å². The van der Waals surface area contributed by atoms with E-state index in [9.17, 15) is 8.78 Å². The first-order chi connectivity index (χ1) is 14.5. The molecule has 0 amide bonds. The highest BCUT2D eigenvalue weighted by Gasteiger charge is 2.47. The zero-order valence-corrected chi connectivity index (χ0v) is 17.7. The van der Waals surface area contributed by atoms with E-state index < -0.39 is 16.5 Å². The summed E-state index contributed by atoms with van der Waals surface area (Å²) in [5, 5.41) is 7.13. The summed E-state index contributed by atoms with van der Waals surface area (Å²) in [6.07, 6.45) is 3.14. The molecule has 1 aliphatic rings. The largest absolute Gasteiger partial charge is 0.330 e. The van der Waals surface area contributed by atoms with E-state index in [0.29, 0.717) is 18.0 Å². The van der Waals surface area contributed by atoms with Crippen LogP contribution in [0.3, 0.4) is 0 Å². The van der Waals surface area contributed by atoms with Gasteiger partial charge in [0.15, 0.2) is 5.82 Å². The fourth-order valence-electron chi connectivity index (χ4n) is 3.75. The SMILES string of the molecule is Cc1ncn(C)c1N1N=C(c2cc(F)ccc2F)SC1(CCCN)c1ccccc1. The molecule has 0 bridgehead atoms. The number of nitrogens with zero attached hydrogens (tertiary/aromatic N) is 4. The molecular weight excluding hydrogens is 404 g/mol. The monoisotopic (exact) mass is 427 g/mol. The molecule has 1 unspecified atom stereocenters. The van der Waals surface area contributed by atoms with E-state index in [0.717, 1.165) is 35.6 Å². The summed E-state index contributed by atoms with van der Waals surface area (Å²) < 4.78 is 30.5. The molecule has 0 saturated carbocycles. The van der Waals surface area contributed by atoms with Crippen LogP contribution >= 0.6 is 11.8 Å². The number of imidazole rings is 1. The van der Waals surface area contributed by atoms with E-state index in [-0.39, 0.29) is 5.56 Å². The number of anilines is 1. The van der Waals surface area contributed by atoms with Crippen molar-refractivity contribution in [2.24, 2.45) is 17.9 Å². The summed E-state index contributed by atoms with van der Waals surface area (Å²) in [4.78, 5) is 3.75. The number of halogens is 2. The van der Waals surface area contributed by atoms with E-state index in [2.05, 4.69) is 4.98 Å². The average Bonchev–Trinajstić information content (AvgIpc) is 3.29. The normalized spacial score (nSPS) is 18.7. The van der Waals surface area contributed by atoms with Gasteiger partial charge < -0.3 is 10.3 Å². The molecular formula is C22H23F2N5S. The summed E-state index contributed by atoms with van der Waals surface area (Å²) in [7, 11) is 1.90. The number of nitrogens with two attached hydrogens (primary N) is 1. The van der Waals surface area contributed by atoms with Crippen molar-refractivity contribution >= 4 is 22.6 Å². The average molecular weight is 428 g/mol. The van der Waals surface area contributed by atoms with Crippen LogP contribution in [0.4, 0.5) is 14.6 Å². The van der Waals surface area contributed by atoms with Gasteiger partial charge in [-0.3, -0.25) is 0 Å². The third-order valence-corrected chi connectivity index (χ3v) is 6.63. The van der Waals surface area contributed by atoms with Gasteiger partial charge >= 0.3 is 0 Å². The van der Waals surface area contributed by atoms with E-state index in [1.165, 1.54) is 17.8 Å². The van der Waals surface area contributed by atoms with Crippen LogP contribution in [-0.2, 0) is 11.9 Å². The van der Waals surface area contributed by atoms with Gasteiger partial charge in [-0.2, -0.15) is 5.10 Å². The third-order valence-electron chi connectivity index (χ3n) is 5.18. The fraction of sp³-hybridized carbons (Fsp3) is 0.273. The summed E-state index contributed by atoms with van der Waals surface area (Å²) in [5.41, 5.74) is 7.83. The second-order valence-corrected chi connectivity index (χ2v) is 8.52. The Balaban J connectivity index is 1.93. The number of rotatable bonds is 6. The predicted molar refractivity (Wildman–Crippen MR) is 117 cm³/mol. The van der Waals surface area contributed by atoms with Gasteiger partial charge in [-0.15, -0.1) is 0 Å². The molecule has 0 aliphatic carbocycles. The number of hydrazone groups is 1. The van der Waals surface area contributed by atoms with Gasteiger partial charge in [0.2, 0.25) is 0 Å². The topological polar surface area (TPSA) is 59.4 Å². The second-order valence-electron chi connectivity index (χ2n) is 7.25. The Morgan fingerprint density at radius 1 is 1.13 bits per heavy atom. The van der Waals surface area contributed by atoms with E-state index in [4.69, 9.17) is 10.8 Å². The molecule has 156 valence electrons. The molecule has 4 rings (SSSR count). The smallest absolute Gasteiger partial charge is 0.153 e. The van der Waals surface area contributed by atoms with Gasteiger partial charge in [0.1, 0.15) is 21.5 Å². The van der Waals surface area contributed by atoms with Gasteiger partial charge in [0.05, 0.1) is 12.0 Å². The van der Waals surface area contributed by atoms with E-state index in [1.807, 2.05) is 53.9 Å². The first kappa shape index (κ1) is 20.6. The molecule has 2 heterocycles. The Hall–Kier alpha value is -2.71. The Bertz CT molecular complexity index is 1060. The number of hydrogen-bond donors (Lipinski definition) is 1. The molecule has 0 fully saturated rings. The minimum Gasteiger partial charge on any atom is -0.330 e.